The summed E-state index contributed by atoms with van der Waals surface area (Å²) in [6, 6.07) is 7.13. The van der Waals surface area contributed by atoms with Crippen molar-refractivity contribution in [1.82, 2.24) is 14.1 Å². The van der Waals surface area contributed by atoms with E-state index in [-0.39, 0.29) is 17.2 Å². The molecule has 164 valence electrons. The van der Waals surface area contributed by atoms with E-state index in [1.165, 1.54) is 0 Å². The Kier molecular flexibility index (Phi) is 6.82. The molecule has 0 radical (unpaired) electrons. The van der Waals surface area contributed by atoms with Crippen LogP contribution in [0, 0.1) is 19.8 Å². The molecule has 2 aromatic rings. The number of aryl methyl sites for hydroxylation is 2. The van der Waals surface area contributed by atoms with E-state index in [1.54, 1.807) is 54.2 Å². The van der Waals surface area contributed by atoms with Crippen LogP contribution in [0.4, 0.5) is 5.69 Å². The van der Waals surface area contributed by atoms with Crippen LogP contribution in [0.1, 0.15) is 37.6 Å². The predicted molar refractivity (Wildman–Crippen MR) is 115 cm³/mol. The molecular weight excluding hydrogens is 404 g/mol. The van der Waals surface area contributed by atoms with Crippen molar-refractivity contribution in [3.05, 3.63) is 35.7 Å². The monoisotopic (exact) mass is 434 g/mol. The van der Waals surface area contributed by atoms with Crippen molar-refractivity contribution < 1.29 is 17.9 Å². The first-order chi connectivity index (χ1) is 14.2. The summed E-state index contributed by atoms with van der Waals surface area (Å²) in [6.45, 7) is 6.98. The van der Waals surface area contributed by atoms with Gasteiger partial charge in [-0.1, -0.05) is 13.0 Å². The number of sulfonamides is 1. The molecule has 0 unspecified atom stereocenters. The van der Waals surface area contributed by atoms with Crippen molar-refractivity contribution >= 4 is 21.6 Å². The van der Waals surface area contributed by atoms with Gasteiger partial charge in [0.1, 0.15) is 10.6 Å². The van der Waals surface area contributed by atoms with Gasteiger partial charge in [-0.05, 0) is 44.7 Å². The van der Waals surface area contributed by atoms with Gasteiger partial charge < -0.3 is 10.1 Å². The van der Waals surface area contributed by atoms with E-state index < -0.39 is 10.0 Å². The van der Waals surface area contributed by atoms with Crippen molar-refractivity contribution in [3.8, 4) is 5.75 Å². The highest BCUT2D eigenvalue weighted by Gasteiger charge is 2.32. The van der Waals surface area contributed by atoms with Crippen molar-refractivity contribution in [2.24, 2.45) is 5.92 Å². The molecule has 1 aromatic heterocycles. The quantitative estimate of drug-likeness (QED) is 0.723. The average molecular weight is 435 g/mol. The third kappa shape index (κ3) is 4.84. The fourth-order valence-corrected chi connectivity index (χ4v) is 5.60. The Labute approximate surface area is 178 Å². The molecule has 3 rings (SSSR count). The van der Waals surface area contributed by atoms with Crippen LogP contribution in [0.2, 0.25) is 0 Å². The number of rotatable bonds is 7. The van der Waals surface area contributed by atoms with Crippen LogP contribution in [0.3, 0.4) is 0 Å². The molecule has 1 amide bonds. The Morgan fingerprint density at radius 1 is 1.27 bits per heavy atom. The summed E-state index contributed by atoms with van der Waals surface area (Å²) in [6.07, 6.45) is 1.92. The molecule has 1 N–H and O–H groups in total. The summed E-state index contributed by atoms with van der Waals surface area (Å²) in [7, 11) is -2.02. The average Bonchev–Trinajstić information content (AvgIpc) is 3.00. The van der Waals surface area contributed by atoms with Crippen LogP contribution in [-0.2, 0) is 21.4 Å². The van der Waals surface area contributed by atoms with E-state index >= 15 is 0 Å². The highest BCUT2D eigenvalue weighted by Crippen LogP contribution is 2.27. The number of nitrogens with zero attached hydrogens (tertiary/aromatic N) is 3. The molecule has 2 heterocycles. The second-order valence-corrected chi connectivity index (χ2v) is 9.71. The third-order valence-corrected chi connectivity index (χ3v) is 7.71. The van der Waals surface area contributed by atoms with Crippen LogP contribution in [0.5, 0.6) is 5.75 Å². The highest BCUT2D eigenvalue weighted by molar-refractivity contribution is 7.89. The molecule has 0 aliphatic carbocycles. The van der Waals surface area contributed by atoms with Gasteiger partial charge in [-0.15, -0.1) is 0 Å². The Hall–Kier alpha value is -2.39. The Morgan fingerprint density at radius 2 is 1.97 bits per heavy atom. The zero-order valence-corrected chi connectivity index (χ0v) is 18.8. The predicted octanol–water partition coefficient (Wildman–Crippen LogP) is 2.96. The summed E-state index contributed by atoms with van der Waals surface area (Å²) in [4.78, 5) is 12.6. The Morgan fingerprint density at radius 3 is 2.63 bits per heavy atom. The first-order valence-electron chi connectivity index (χ1n) is 10.2. The summed E-state index contributed by atoms with van der Waals surface area (Å²) in [5.74, 6) is 1.03. The smallest absolute Gasteiger partial charge is 0.246 e. The molecular formula is C21H30N4O4S. The number of hydrogen-bond acceptors (Lipinski definition) is 5. The minimum Gasteiger partial charge on any atom is -0.497 e. The normalized spacial score (nSPS) is 15.9. The van der Waals surface area contributed by atoms with Gasteiger partial charge in [0.2, 0.25) is 15.9 Å². The number of ether oxygens (including phenoxy) is 1. The molecule has 0 bridgehead atoms. The maximum absolute atomic E-state index is 13.2. The fourth-order valence-electron chi connectivity index (χ4n) is 3.76. The maximum Gasteiger partial charge on any atom is 0.246 e. The lowest BCUT2D eigenvalue weighted by molar-refractivity contribution is -0.116. The van der Waals surface area contributed by atoms with Crippen molar-refractivity contribution in [2.45, 2.75) is 51.5 Å². The molecule has 1 aliphatic heterocycles. The summed E-state index contributed by atoms with van der Waals surface area (Å²) in [5, 5.41) is 7.23. The lowest BCUT2D eigenvalue weighted by Crippen LogP contribution is -2.38. The molecule has 1 fully saturated rings. The highest BCUT2D eigenvalue weighted by atomic mass is 32.2. The largest absolute Gasteiger partial charge is 0.497 e. The maximum atomic E-state index is 13.2. The number of amides is 1. The molecule has 0 atom stereocenters. The first-order valence-corrected chi connectivity index (χ1v) is 11.6. The number of hydrogen-bond donors (Lipinski definition) is 1. The van der Waals surface area contributed by atoms with Gasteiger partial charge >= 0.3 is 0 Å². The number of methoxy groups -OCH3 is 1. The summed E-state index contributed by atoms with van der Waals surface area (Å²) in [5.41, 5.74) is 1.69. The van der Waals surface area contributed by atoms with Crippen molar-refractivity contribution in [3.63, 3.8) is 0 Å². The van der Waals surface area contributed by atoms with E-state index in [4.69, 9.17) is 4.74 Å². The van der Waals surface area contributed by atoms with Gasteiger partial charge in [-0.2, -0.15) is 9.40 Å². The van der Waals surface area contributed by atoms with Gasteiger partial charge in [0.15, 0.2) is 0 Å². The standard InChI is InChI=1S/C21H30N4O4S/c1-15-8-11-24(12-9-15)30(27,28)21-16(2)23-25(17(21)3)13-10-20(26)22-18-6-5-7-19(14-18)29-4/h5-7,14-15H,8-13H2,1-4H3,(H,22,26). The number of carbonyl (C=O) groups excluding carboxylic acids is 1. The van der Waals surface area contributed by atoms with E-state index in [9.17, 15) is 13.2 Å². The van der Waals surface area contributed by atoms with Crippen LogP contribution in [0.15, 0.2) is 29.2 Å². The number of piperidine rings is 1. The molecule has 0 saturated carbocycles. The molecule has 1 aliphatic rings. The second-order valence-electron chi connectivity index (χ2n) is 7.84. The number of benzene rings is 1. The Balaban J connectivity index is 1.68. The van der Waals surface area contributed by atoms with Crippen LogP contribution < -0.4 is 10.1 Å². The van der Waals surface area contributed by atoms with E-state index in [1.807, 2.05) is 0 Å². The minimum absolute atomic E-state index is 0.176. The summed E-state index contributed by atoms with van der Waals surface area (Å²) < 4.78 is 34.7. The Bertz CT molecular complexity index is 1010. The zero-order valence-electron chi connectivity index (χ0n) is 18.0. The van der Waals surface area contributed by atoms with Gasteiger partial charge in [-0.3, -0.25) is 9.48 Å². The lowest BCUT2D eigenvalue weighted by atomic mass is 10.0. The number of nitrogens with one attached hydrogen (secondary N) is 1. The zero-order chi connectivity index (χ0) is 21.9. The van der Waals surface area contributed by atoms with E-state index in [0.717, 1.165) is 12.8 Å². The van der Waals surface area contributed by atoms with Crippen LogP contribution >= 0.6 is 0 Å². The van der Waals surface area contributed by atoms with Crippen LogP contribution in [-0.4, -0.2) is 48.6 Å². The molecule has 8 nitrogen and oxygen atoms in total. The van der Waals surface area contributed by atoms with Gasteiger partial charge in [0.25, 0.3) is 0 Å². The van der Waals surface area contributed by atoms with Gasteiger partial charge in [0, 0.05) is 31.3 Å². The first kappa shape index (κ1) is 22.3. The molecule has 30 heavy (non-hydrogen) atoms. The summed E-state index contributed by atoms with van der Waals surface area (Å²) >= 11 is 0. The lowest BCUT2D eigenvalue weighted by Gasteiger charge is -2.29. The molecule has 1 aromatic carbocycles. The van der Waals surface area contributed by atoms with E-state index in [0.29, 0.717) is 48.4 Å². The molecule has 9 heteroatoms. The second kappa shape index (κ2) is 9.18. The van der Waals surface area contributed by atoms with Gasteiger partial charge in [-0.25, -0.2) is 8.42 Å². The number of anilines is 1. The van der Waals surface area contributed by atoms with Gasteiger partial charge in [0.05, 0.1) is 25.0 Å². The molecule has 1 saturated heterocycles. The number of aromatic nitrogens is 2. The topological polar surface area (TPSA) is 93.5 Å². The fraction of sp³-hybridized carbons (Fsp3) is 0.524. The number of carbonyl (C=O) groups is 1. The SMILES string of the molecule is COc1cccc(NC(=O)CCn2nc(C)c(S(=O)(=O)N3CCC(C)CC3)c2C)c1. The van der Waals surface area contributed by atoms with Crippen molar-refractivity contribution in [2.75, 3.05) is 25.5 Å². The minimum atomic E-state index is -3.59. The van der Waals surface area contributed by atoms with E-state index in [2.05, 4.69) is 17.3 Å². The van der Waals surface area contributed by atoms with Crippen molar-refractivity contribution in [1.29, 1.82) is 0 Å². The van der Waals surface area contributed by atoms with Crippen LogP contribution in [0.25, 0.3) is 0 Å². The third-order valence-electron chi connectivity index (χ3n) is 5.56. The molecule has 0 spiro atoms.